The van der Waals surface area contributed by atoms with Crippen LogP contribution in [0.25, 0.3) is 0 Å². The normalized spacial score (nSPS) is 13.2. The van der Waals surface area contributed by atoms with Gasteiger partial charge in [0.2, 0.25) is 0 Å². The summed E-state index contributed by atoms with van der Waals surface area (Å²) in [5.74, 6) is -1.47. The highest BCUT2D eigenvalue weighted by molar-refractivity contribution is 6.53. The van der Waals surface area contributed by atoms with E-state index in [0.29, 0.717) is 5.56 Å². The summed E-state index contributed by atoms with van der Waals surface area (Å²) in [6.07, 6.45) is -1.09. The lowest BCUT2D eigenvalue weighted by Crippen LogP contribution is -2.45. The second-order valence-electron chi connectivity index (χ2n) is 4.59. The Hall–Kier alpha value is -1.94. The summed E-state index contributed by atoms with van der Waals surface area (Å²) in [6, 6.07) is 4.07. The molecule has 0 fully saturated rings. The fourth-order valence-corrected chi connectivity index (χ4v) is 2.00. The minimum absolute atomic E-state index is 0.166. The van der Waals surface area contributed by atoms with E-state index in [0.717, 1.165) is 6.92 Å². The van der Waals surface area contributed by atoms with Crippen LogP contribution in [0.1, 0.15) is 18.6 Å². The van der Waals surface area contributed by atoms with E-state index in [4.69, 9.17) is 33.2 Å². The molecule has 0 aliphatic heterocycles. The fourth-order valence-electron chi connectivity index (χ4n) is 1.88. The molecule has 9 nitrogen and oxygen atoms in total. The Morgan fingerprint density at radius 3 is 2.33 bits per heavy atom. The summed E-state index contributed by atoms with van der Waals surface area (Å²) in [4.78, 5) is 35.7. The van der Waals surface area contributed by atoms with Crippen molar-refractivity contribution in [1.82, 2.24) is 5.32 Å². The molecular formula is C13H14Cl2N2O7. The number of nitrogens with one attached hydrogen (secondary N) is 1. The largest absolute Gasteiger partial charge is 0.455 e. The van der Waals surface area contributed by atoms with E-state index in [1.54, 1.807) is 0 Å². The molecule has 1 aromatic rings. The Labute approximate surface area is 146 Å². The summed E-state index contributed by atoms with van der Waals surface area (Å²) < 4.78 is 5.13. The number of amides is 1. The monoisotopic (exact) mass is 380 g/mol. The van der Waals surface area contributed by atoms with Crippen molar-refractivity contribution in [2.24, 2.45) is 0 Å². The molecule has 0 bridgehead atoms. The lowest BCUT2D eigenvalue weighted by Gasteiger charge is -2.27. The number of ether oxygens (including phenoxy) is 1. The van der Waals surface area contributed by atoms with E-state index in [-0.39, 0.29) is 5.69 Å². The standard InChI is InChI=1S/C13H14Cl2N2O7/c1-7(18)24-11(8-2-4-9(5-3-8)17(20)21)10(6-23-22)16-13(19)12(14)15/h2-5,10-12,22H,6H2,1H3,(H,16,19)/t10-,11-/m1/s1. The number of alkyl halides is 2. The third-order valence-electron chi connectivity index (χ3n) is 2.87. The van der Waals surface area contributed by atoms with E-state index in [2.05, 4.69) is 10.2 Å². The Kier molecular flexibility index (Phi) is 7.86. The lowest BCUT2D eigenvalue weighted by molar-refractivity contribution is -0.384. The SMILES string of the molecule is CC(=O)O[C@H](c1ccc([N+](=O)[O-])cc1)[C@@H](COO)NC(=O)C(Cl)Cl. The number of carbonyl (C=O) groups excluding carboxylic acids is 2. The quantitative estimate of drug-likeness (QED) is 0.232. The topological polar surface area (TPSA) is 128 Å². The Balaban J connectivity index is 3.12. The zero-order valence-corrected chi connectivity index (χ0v) is 13.9. The maximum Gasteiger partial charge on any atom is 0.303 e. The van der Waals surface area contributed by atoms with Crippen LogP contribution in [0.2, 0.25) is 0 Å². The number of rotatable bonds is 8. The predicted octanol–water partition coefficient (Wildman–Crippen LogP) is 1.98. The minimum Gasteiger partial charge on any atom is -0.455 e. The van der Waals surface area contributed by atoms with Crippen LogP contribution < -0.4 is 5.32 Å². The second-order valence-corrected chi connectivity index (χ2v) is 5.69. The number of carbonyl (C=O) groups is 2. The Morgan fingerprint density at radius 1 is 1.33 bits per heavy atom. The molecule has 0 aliphatic carbocycles. The zero-order valence-electron chi connectivity index (χ0n) is 12.3. The van der Waals surface area contributed by atoms with Gasteiger partial charge in [0.05, 0.1) is 11.0 Å². The van der Waals surface area contributed by atoms with Crippen molar-refractivity contribution in [3.8, 4) is 0 Å². The first-order valence-electron chi connectivity index (χ1n) is 6.52. The minimum atomic E-state index is -1.39. The highest BCUT2D eigenvalue weighted by Gasteiger charge is 2.30. The predicted molar refractivity (Wildman–Crippen MR) is 83.6 cm³/mol. The van der Waals surface area contributed by atoms with Gasteiger partial charge in [-0.05, 0) is 17.7 Å². The number of benzene rings is 1. The Morgan fingerprint density at radius 2 is 1.92 bits per heavy atom. The second kappa shape index (κ2) is 9.38. The van der Waals surface area contributed by atoms with Gasteiger partial charge in [-0.1, -0.05) is 23.2 Å². The van der Waals surface area contributed by atoms with Gasteiger partial charge in [-0.2, -0.15) is 0 Å². The number of halogens is 2. The van der Waals surface area contributed by atoms with Gasteiger partial charge in [-0.25, -0.2) is 4.89 Å². The molecule has 0 aliphatic rings. The van der Waals surface area contributed by atoms with Gasteiger partial charge in [-0.3, -0.25) is 25.0 Å². The van der Waals surface area contributed by atoms with Crippen LogP contribution in [0.5, 0.6) is 0 Å². The van der Waals surface area contributed by atoms with Crippen LogP contribution in [0.15, 0.2) is 24.3 Å². The van der Waals surface area contributed by atoms with Crippen LogP contribution in [-0.4, -0.2) is 39.5 Å². The number of hydrogen-bond acceptors (Lipinski definition) is 7. The number of nitro groups is 1. The molecule has 1 aromatic carbocycles. The van der Waals surface area contributed by atoms with Gasteiger partial charge in [0.1, 0.15) is 12.7 Å². The van der Waals surface area contributed by atoms with E-state index >= 15 is 0 Å². The maximum absolute atomic E-state index is 11.7. The Bertz CT molecular complexity index is 594. The van der Waals surface area contributed by atoms with Crippen LogP contribution in [0, 0.1) is 10.1 Å². The fraction of sp³-hybridized carbons (Fsp3) is 0.385. The number of hydrogen-bond donors (Lipinski definition) is 2. The van der Waals surface area contributed by atoms with Gasteiger partial charge in [0.15, 0.2) is 4.84 Å². The van der Waals surface area contributed by atoms with Crippen molar-refractivity contribution in [2.75, 3.05) is 6.61 Å². The van der Waals surface area contributed by atoms with Crippen molar-refractivity contribution < 1.29 is 29.4 Å². The summed E-state index contributed by atoms with van der Waals surface area (Å²) in [6.45, 7) is 0.699. The highest BCUT2D eigenvalue weighted by Crippen LogP contribution is 2.25. The van der Waals surface area contributed by atoms with Crippen LogP contribution in [0.4, 0.5) is 5.69 Å². The van der Waals surface area contributed by atoms with Crippen molar-refractivity contribution in [3.05, 3.63) is 39.9 Å². The third kappa shape index (κ3) is 5.93. The molecule has 1 rings (SSSR count). The summed E-state index contributed by atoms with van der Waals surface area (Å²) in [5, 5.41) is 21.7. The molecule has 0 aromatic heterocycles. The first-order chi connectivity index (χ1) is 11.3. The van der Waals surface area contributed by atoms with Gasteiger partial charge >= 0.3 is 5.97 Å². The molecule has 0 unspecified atom stereocenters. The lowest BCUT2D eigenvalue weighted by atomic mass is 10.0. The first kappa shape index (κ1) is 20.1. The van der Waals surface area contributed by atoms with Gasteiger partial charge < -0.3 is 10.1 Å². The molecule has 0 radical (unpaired) electrons. The van der Waals surface area contributed by atoms with E-state index in [1.165, 1.54) is 24.3 Å². The average Bonchev–Trinajstić information content (AvgIpc) is 2.52. The van der Waals surface area contributed by atoms with Gasteiger partial charge in [-0.15, -0.1) is 0 Å². The van der Waals surface area contributed by atoms with Crippen LogP contribution >= 0.6 is 23.2 Å². The van der Waals surface area contributed by atoms with E-state index in [9.17, 15) is 19.7 Å². The van der Waals surface area contributed by atoms with Gasteiger partial charge in [0, 0.05) is 19.1 Å². The molecule has 24 heavy (non-hydrogen) atoms. The van der Waals surface area contributed by atoms with Crippen LogP contribution in [-0.2, 0) is 19.2 Å². The number of esters is 1. The van der Waals surface area contributed by atoms with E-state index < -0.39 is 40.4 Å². The summed E-state index contributed by atoms with van der Waals surface area (Å²) in [7, 11) is 0. The molecule has 0 heterocycles. The van der Waals surface area contributed by atoms with E-state index in [1.807, 2.05) is 0 Å². The first-order valence-corrected chi connectivity index (χ1v) is 7.40. The molecule has 1 amide bonds. The molecule has 0 saturated heterocycles. The molecule has 2 atom stereocenters. The zero-order chi connectivity index (χ0) is 18.3. The molecule has 132 valence electrons. The van der Waals surface area contributed by atoms with Crippen molar-refractivity contribution in [2.45, 2.75) is 23.9 Å². The highest BCUT2D eigenvalue weighted by atomic mass is 35.5. The maximum atomic E-state index is 11.7. The smallest absolute Gasteiger partial charge is 0.303 e. The molecular weight excluding hydrogens is 367 g/mol. The molecule has 11 heteroatoms. The third-order valence-corrected chi connectivity index (χ3v) is 3.27. The average molecular weight is 381 g/mol. The summed E-state index contributed by atoms with van der Waals surface area (Å²) >= 11 is 10.9. The number of nitro benzene ring substituents is 1. The number of non-ortho nitro benzene ring substituents is 1. The summed E-state index contributed by atoms with van der Waals surface area (Å²) in [5.41, 5.74) is 0.166. The van der Waals surface area contributed by atoms with Crippen LogP contribution in [0.3, 0.4) is 0 Å². The van der Waals surface area contributed by atoms with Crippen molar-refractivity contribution in [3.63, 3.8) is 0 Å². The van der Waals surface area contributed by atoms with Crippen molar-refractivity contribution in [1.29, 1.82) is 0 Å². The molecule has 0 saturated carbocycles. The number of nitrogens with zero attached hydrogens (tertiary/aromatic N) is 1. The molecule has 0 spiro atoms. The van der Waals surface area contributed by atoms with Crippen molar-refractivity contribution >= 4 is 40.8 Å². The van der Waals surface area contributed by atoms with Gasteiger partial charge in [0.25, 0.3) is 11.6 Å². The molecule has 2 N–H and O–H groups in total.